The number of carbonyl (C=O) groups is 1. The van der Waals surface area contributed by atoms with Crippen LogP contribution in [0, 0.1) is 0 Å². The van der Waals surface area contributed by atoms with Crippen molar-refractivity contribution in [3.05, 3.63) is 35.4 Å². The molecule has 3 nitrogen and oxygen atoms in total. The second kappa shape index (κ2) is 5.07. The second-order valence-electron chi connectivity index (χ2n) is 4.57. The minimum Gasteiger partial charge on any atom is -0.331 e. The summed E-state index contributed by atoms with van der Waals surface area (Å²) in [6, 6.07) is 8.40. The van der Waals surface area contributed by atoms with E-state index in [9.17, 15) is 4.79 Å². The third-order valence-electron chi connectivity index (χ3n) is 3.60. The van der Waals surface area contributed by atoms with E-state index in [1.807, 2.05) is 23.1 Å². The molecule has 0 aliphatic carbocycles. The molecule has 0 aromatic heterocycles. The Bertz CT molecular complexity index is 416. The van der Waals surface area contributed by atoms with E-state index in [1.54, 1.807) is 0 Å². The summed E-state index contributed by atoms with van der Waals surface area (Å²) in [6.45, 7) is 2.87. The van der Waals surface area contributed by atoms with Crippen LogP contribution in [0.15, 0.2) is 24.3 Å². The van der Waals surface area contributed by atoms with Crippen LogP contribution in [0.4, 0.5) is 0 Å². The smallest absolute Gasteiger partial charge is 0.254 e. The third kappa shape index (κ3) is 2.17. The number of rotatable bonds is 1. The standard InChI is InChI=1S/C13H16N2O.ClH/c16-13-12-4-2-1-3-10(12)9-15(13)11-5-7-14-8-6-11;/h1-4,11,14H,5-9H2;1H. The molecule has 17 heavy (non-hydrogen) atoms. The van der Waals surface area contributed by atoms with E-state index in [2.05, 4.69) is 11.4 Å². The van der Waals surface area contributed by atoms with Crippen molar-refractivity contribution in [2.75, 3.05) is 13.1 Å². The number of nitrogens with zero attached hydrogens (tertiary/aromatic N) is 1. The molecule has 0 bridgehead atoms. The zero-order valence-corrected chi connectivity index (χ0v) is 10.5. The van der Waals surface area contributed by atoms with Crippen LogP contribution in [0.2, 0.25) is 0 Å². The van der Waals surface area contributed by atoms with Gasteiger partial charge in [-0.15, -0.1) is 12.4 Å². The monoisotopic (exact) mass is 252 g/mol. The molecule has 92 valence electrons. The number of carbonyl (C=O) groups excluding carboxylic acids is 1. The maximum atomic E-state index is 12.2. The lowest BCUT2D eigenvalue weighted by molar-refractivity contribution is 0.0668. The van der Waals surface area contributed by atoms with Crippen LogP contribution < -0.4 is 5.32 Å². The van der Waals surface area contributed by atoms with Gasteiger partial charge in [0.25, 0.3) is 5.91 Å². The van der Waals surface area contributed by atoms with Gasteiger partial charge in [-0.25, -0.2) is 0 Å². The molecule has 1 fully saturated rings. The third-order valence-corrected chi connectivity index (χ3v) is 3.60. The highest BCUT2D eigenvalue weighted by Gasteiger charge is 2.32. The SMILES string of the molecule is Cl.O=C1c2ccccc2CN1C1CCNCC1. The Morgan fingerprint density at radius 3 is 2.59 bits per heavy atom. The summed E-state index contributed by atoms with van der Waals surface area (Å²) in [5, 5.41) is 3.34. The molecule has 0 saturated carbocycles. The van der Waals surface area contributed by atoms with Crippen LogP contribution in [0.5, 0.6) is 0 Å². The Kier molecular flexibility index (Phi) is 3.69. The van der Waals surface area contributed by atoms with Crippen LogP contribution in [0.25, 0.3) is 0 Å². The Morgan fingerprint density at radius 1 is 1.18 bits per heavy atom. The van der Waals surface area contributed by atoms with Gasteiger partial charge in [0.15, 0.2) is 0 Å². The summed E-state index contributed by atoms with van der Waals surface area (Å²) in [6.07, 6.45) is 2.17. The first kappa shape index (κ1) is 12.4. The lowest BCUT2D eigenvalue weighted by Gasteiger charge is -2.31. The van der Waals surface area contributed by atoms with Crippen molar-refractivity contribution in [1.82, 2.24) is 10.2 Å². The second-order valence-corrected chi connectivity index (χ2v) is 4.57. The van der Waals surface area contributed by atoms with Crippen molar-refractivity contribution in [1.29, 1.82) is 0 Å². The normalized spacial score (nSPS) is 20.0. The van der Waals surface area contributed by atoms with Gasteiger partial charge < -0.3 is 10.2 Å². The van der Waals surface area contributed by atoms with Crippen molar-refractivity contribution in [2.45, 2.75) is 25.4 Å². The van der Waals surface area contributed by atoms with Crippen LogP contribution in [0.3, 0.4) is 0 Å². The van der Waals surface area contributed by atoms with E-state index < -0.39 is 0 Å². The molecule has 1 aromatic carbocycles. The average Bonchev–Trinajstić information content (AvgIpc) is 2.69. The highest BCUT2D eigenvalue weighted by Crippen LogP contribution is 2.26. The van der Waals surface area contributed by atoms with Crippen molar-refractivity contribution >= 4 is 18.3 Å². The maximum Gasteiger partial charge on any atom is 0.254 e. The first-order chi connectivity index (χ1) is 7.86. The number of halogens is 1. The van der Waals surface area contributed by atoms with Crippen LogP contribution in [-0.4, -0.2) is 29.9 Å². The summed E-state index contributed by atoms with van der Waals surface area (Å²) in [5.41, 5.74) is 2.09. The Balaban J connectivity index is 0.00000108. The molecule has 1 aromatic rings. The average molecular weight is 253 g/mol. The molecule has 1 amide bonds. The fourth-order valence-corrected chi connectivity index (χ4v) is 2.69. The topological polar surface area (TPSA) is 32.3 Å². The van der Waals surface area contributed by atoms with Gasteiger partial charge in [0.1, 0.15) is 0 Å². The van der Waals surface area contributed by atoms with Crippen molar-refractivity contribution < 1.29 is 4.79 Å². The number of piperidine rings is 1. The molecule has 2 aliphatic rings. The predicted molar refractivity (Wildman–Crippen MR) is 69.5 cm³/mol. The van der Waals surface area contributed by atoms with Gasteiger partial charge in [-0.2, -0.15) is 0 Å². The van der Waals surface area contributed by atoms with Gasteiger partial charge in [0.2, 0.25) is 0 Å². The Morgan fingerprint density at radius 2 is 1.88 bits per heavy atom. The Labute approximate surface area is 108 Å². The quantitative estimate of drug-likeness (QED) is 0.827. The number of nitrogens with one attached hydrogen (secondary N) is 1. The summed E-state index contributed by atoms with van der Waals surface area (Å²) in [5.74, 6) is 0.225. The minimum absolute atomic E-state index is 0. The van der Waals surface area contributed by atoms with E-state index in [1.165, 1.54) is 5.56 Å². The molecular formula is C13H17ClN2O. The number of amides is 1. The number of hydrogen-bond donors (Lipinski definition) is 1. The molecule has 1 saturated heterocycles. The van der Waals surface area contributed by atoms with E-state index in [0.717, 1.165) is 38.0 Å². The van der Waals surface area contributed by atoms with Gasteiger partial charge in [0.05, 0.1) is 0 Å². The zero-order valence-electron chi connectivity index (χ0n) is 9.69. The van der Waals surface area contributed by atoms with Crippen LogP contribution in [0.1, 0.15) is 28.8 Å². The number of fused-ring (bicyclic) bond motifs is 1. The molecule has 2 heterocycles. The highest BCUT2D eigenvalue weighted by molar-refractivity contribution is 5.98. The molecule has 0 unspecified atom stereocenters. The fraction of sp³-hybridized carbons (Fsp3) is 0.462. The first-order valence-corrected chi connectivity index (χ1v) is 5.96. The lowest BCUT2D eigenvalue weighted by atomic mass is 10.1. The molecule has 3 rings (SSSR count). The fourth-order valence-electron chi connectivity index (χ4n) is 2.69. The lowest BCUT2D eigenvalue weighted by Crippen LogP contribution is -2.43. The predicted octanol–water partition coefficient (Wildman–Crippen LogP) is 1.82. The van der Waals surface area contributed by atoms with Crippen molar-refractivity contribution in [3.8, 4) is 0 Å². The van der Waals surface area contributed by atoms with E-state index >= 15 is 0 Å². The number of benzene rings is 1. The van der Waals surface area contributed by atoms with Crippen LogP contribution in [-0.2, 0) is 6.54 Å². The van der Waals surface area contributed by atoms with Crippen molar-refractivity contribution in [2.24, 2.45) is 0 Å². The van der Waals surface area contributed by atoms with E-state index in [0.29, 0.717) is 6.04 Å². The summed E-state index contributed by atoms with van der Waals surface area (Å²) in [7, 11) is 0. The minimum atomic E-state index is 0. The largest absolute Gasteiger partial charge is 0.331 e. The van der Waals surface area contributed by atoms with Gasteiger partial charge in [0, 0.05) is 18.2 Å². The summed E-state index contributed by atoms with van der Waals surface area (Å²) >= 11 is 0. The first-order valence-electron chi connectivity index (χ1n) is 5.96. The molecule has 0 spiro atoms. The maximum absolute atomic E-state index is 12.2. The van der Waals surface area contributed by atoms with Gasteiger partial charge in [-0.3, -0.25) is 4.79 Å². The Hall–Kier alpha value is -1.06. The van der Waals surface area contributed by atoms with E-state index in [-0.39, 0.29) is 18.3 Å². The summed E-state index contributed by atoms with van der Waals surface area (Å²) in [4.78, 5) is 14.2. The molecular weight excluding hydrogens is 236 g/mol. The zero-order chi connectivity index (χ0) is 11.0. The van der Waals surface area contributed by atoms with E-state index in [4.69, 9.17) is 0 Å². The molecule has 2 aliphatic heterocycles. The van der Waals surface area contributed by atoms with Gasteiger partial charge in [-0.1, -0.05) is 18.2 Å². The van der Waals surface area contributed by atoms with Gasteiger partial charge in [-0.05, 0) is 37.6 Å². The summed E-state index contributed by atoms with van der Waals surface area (Å²) < 4.78 is 0. The molecule has 1 N–H and O–H groups in total. The molecule has 0 atom stereocenters. The highest BCUT2D eigenvalue weighted by atomic mass is 35.5. The van der Waals surface area contributed by atoms with Crippen molar-refractivity contribution in [3.63, 3.8) is 0 Å². The van der Waals surface area contributed by atoms with Gasteiger partial charge >= 0.3 is 0 Å². The molecule has 0 radical (unpaired) electrons. The molecule has 4 heteroatoms. The van der Waals surface area contributed by atoms with Crippen LogP contribution >= 0.6 is 12.4 Å². The number of hydrogen-bond acceptors (Lipinski definition) is 2.